The molecule has 6 atom stereocenters. The molecule has 0 spiro atoms. The van der Waals surface area contributed by atoms with Gasteiger partial charge in [0, 0.05) is 6.07 Å². The van der Waals surface area contributed by atoms with E-state index in [1.54, 1.807) is 27.7 Å². The highest BCUT2D eigenvalue weighted by Crippen LogP contribution is 2.48. The van der Waals surface area contributed by atoms with Gasteiger partial charge in [-0.15, -0.1) is 0 Å². The minimum absolute atomic E-state index is 0.0373. The van der Waals surface area contributed by atoms with Crippen molar-refractivity contribution in [2.45, 2.75) is 70.7 Å². The van der Waals surface area contributed by atoms with E-state index in [0.717, 1.165) is 0 Å². The minimum Gasteiger partial charge on any atom is -0.476 e. The number of nitrogens with zero attached hydrogens (tertiary/aromatic N) is 5. The zero-order chi connectivity index (χ0) is 32.4. The number of rotatable bonds is 13. The summed E-state index contributed by atoms with van der Waals surface area (Å²) in [5, 5.41) is 14.3. The predicted octanol–water partition coefficient (Wildman–Crippen LogP) is 3.97. The third-order valence-corrected chi connectivity index (χ3v) is 9.00. The molecule has 3 heterocycles. The van der Waals surface area contributed by atoms with Crippen LogP contribution in [0.2, 0.25) is 10.0 Å². The summed E-state index contributed by atoms with van der Waals surface area (Å²) in [6.07, 6.45) is -2.46. The molecule has 18 heteroatoms. The molecule has 1 unspecified atom stereocenters. The number of carbonyl (C=O) groups is 1. The maximum atomic E-state index is 14.0. The molecule has 15 nitrogen and oxygen atoms in total. The molecular weight excluding hydrogens is 640 g/mol. The Labute approximate surface area is 263 Å². The van der Waals surface area contributed by atoms with Crippen LogP contribution in [-0.4, -0.2) is 80.4 Å². The van der Waals surface area contributed by atoms with E-state index in [-0.39, 0.29) is 33.3 Å². The van der Waals surface area contributed by atoms with E-state index in [1.165, 1.54) is 36.0 Å². The lowest BCUT2D eigenvalue weighted by Crippen LogP contribution is -2.43. The van der Waals surface area contributed by atoms with Gasteiger partial charge in [-0.25, -0.2) is 9.55 Å². The second-order valence-corrected chi connectivity index (χ2v) is 12.8. The fraction of sp³-hybridized carbons (Fsp3) is 0.500. The van der Waals surface area contributed by atoms with Crippen molar-refractivity contribution in [3.05, 3.63) is 34.6 Å². The van der Waals surface area contributed by atoms with Crippen molar-refractivity contribution in [1.82, 2.24) is 24.6 Å². The maximum Gasteiger partial charge on any atom is 0.459 e. The summed E-state index contributed by atoms with van der Waals surface area (Å²) < 4.78 is 43.9. The lowest BCUT2D eigenvalue weighted by molar-refractivity contribution is -0.149. The molecule has 1 fully saturated rings. The molecule has 0 radical (unpaired) electrons. The number of halogens is 2. The molecule has 44 heavy (non-hydrogen) atoms. The normalized spacial score (nSPS) is 23.8. The molecule has 0 saturated carbocycles. The number of hydrogen-bond donors (Lipinski definition) is 3. The number of imidazole rings is 1. The number of carbonyl (C=O) groups excluding carboxylic acids is 1. The number of esters is 1. The number of nitrogens with two attached hydrogens (primary N) is 1. The van der Waals surface area contributed by atoms with Gasteiger partial charge >= 0.3 is 13.7 Å². The van der Waals surface area contributed by atoms with Crippen LogP contribution in [0.15, 0.2) is 29.5 Å². The number of aliphatic hydroxyl groups excluding tert-OH is 1. The van der Waals surface area contributed by atoms with Crippen molar-refractivity contribution in [2.24, 2.45) is 4.99 Å². The number of hydrogen-bond acceptors (Lipinski definition) is 13. The summed E-state index contributed by atoms with van der Waals surface area (Å²) in [7, 11) is -4.36. The molecule has 4 N–H and O–H groups in total. The Hall–Kier alpha value is -3.04. The van der Waals surface area contributed by atoms with Crippen molar-refractivity contribution >= 4 is 60.7 Å². The zero-order valence-corrected chi connectivity index (χ0v) is 27.0. The Morgan fingerprint density at radius 1 is 1.32 bits per heavy atom. The summed E-state index contributed by atoms with van der Waals surface area (Å²) in [5.41, 5.74) is 5.13. The van der Waals surface area contributed by atoms with Crippen LogP contribution in [0.1, 0.15) is 40.8 Å². The highest BCUT2D eigenvalue weighted by atomic mass is 35.5. The monoisotopic (exact) mass is 673 g/mol. The summed E-state index contributed by atoms with van der Waals surface area (Å²) in [4.78, 5) is 29.4. The number of benzene rings is 1. The van der Waals surface area contributed by atoms with Gasteiger partial charge in [-0.05, 0) is 53.5 Å². The lowest BCUT2D eigenvalue weighted by Gasteiger charge is -2.28. The van der Waals surface area contributed by atoms with Crippen LogP contribution in [-0.2, 0) is 23.4 Å². The van der Waals surface area contributed by atoms with E-state index >= 15 is 0 Å². The van der Waals surface area contributed by atoms with Crippen molar-refractivity contribution in [3.63, 3.8) is 0 Å². The van der Waals surface area contributed by atoms with Crippen molar-refractivity contribution < 1.29 is 37.7 Å². The fourth-order valence-corrected chi connectivity index (χ4v) is 6.21. The van der Waals surface area contributed by atoms with E-state index in [0.29, 0.717) is 12.1 Å². The molecule has 3 aromatic rings. The Bertz CT molecular complexity index is 1580. The van der Waals surface area contributed by atoms with Crippen LogP contribution >= 0.6 is 30.9 Å². The molecular formula is C26H34Cl2N7O8P. The first-order chi connectivity index (χ1) is 20.7. The number of ether oxygens (including phenoxy) is 3. The van der Waals surface area contributed by atoms with E-state index in [1.807, 2.05) is 0 Å². The maximum absolute atomic E-state index is 14.0. The van der Waals surface area contributed by atoms with E-state index in [9.17, 15) is 14.5 Å². The SMILES string of the molecule is C=N[C@]1(C)[C@H](O)[C@@H](COP(=O)(N[C@@H](C)C(=O)OC(C)C)Oc2ccc(Cl)c(Cl)c2)O[C@H]1n1cnc2c(OCC)nc(N)nc21. The molecule has 0 bridgehead atoms. The van der Waals surface area contributed by atoms with Gasteiger partial charge in [-0.1, -0.05) is 23.2 Å². The third kappa shape index (κ3) is 7.09. The number of aliphatic imine (C=N–C) groups is 1. The number of aliphatic hydroxyl groups is 1. The van der Waals surface area contributed by atoms with E-state index < -0.39 is 56.4 Å². The molecule has 1 aromatic carbocycles. The van der Waals surface area contributed by atoms with Crippen LogP contribution in [0.5, 0.6) is 11.6 Å². The van der Waals surface area contributed by atoms with Crippen molar-refractivity contribution in [1.29, 1.82) is 0 Å². The van der Waals surface area contributed by atoms with Gasteiger partial charge < -0.3 is 29.6 Å². The number of nitrogens with one attached hydrogen (secondary N) is 1. The molecule has 0 amide bonds. The predicted molar refractivity (Wildman–Crippen MR) is 163 cm³/mol. The van der Waals surface area contributed by atoms with Gasteiger partial charge in [0.15, 0.2) is 17.4 Å². The van der Waals surface area contributed by atoms with Crippen LogP contribution in [0.25, 0.3) is 11.2 Å². The first kappa shape index (κ1) is 33.8. The lowest BCUT2D eigenvalue weighted by atomic mass is 9.93. The van der Waals surface area contributed by atoms with Crippen molar-refractivity contribution in [2.75, 3.05) is 18.9 Å². The fourth-order valence-electron chi connectivity index (χ4n) is 4.42. The number of nitrogen functional groups attached to an aromatic ring is 1. The van der Waals surface area contributed by atoms with Crippen LogP contribution in [0.3, 0.4) is 0 Å². The first-order valence-electron chi connectivity index (χ1n) is 13.5. The number of aromatic nitrogens is 4. The first-order valence-corrected chi connectivity index (χ1v) is 15.8. The van der Waals surface area contributed by atoms with Gasteiger partial charge in [0.1, 0.15) is 29.5 Å². The highest BCUT2D eigenvalue weighted by molar-refractivity contribution is 7.52. The van der Waals surface area contributed by atoms with E-state index in [2.05, 4.69) is 31.7 Å². The van der Waals surface area contributed by atoms with Crippen LogP contribution in [0, 0.1) is 0 Å². The summed E-state index contributed by atoms with van der Waals surface area (Å²) in [6.45, 7) is 11.7. The second-order valence-electron chi connectivity index (χ2n) is 10.3. The van der Waals surface area contributed by atoms with Gasteiger partial charge in [-0.2, -0.15) is 15.1 Å². The van der Waals surface area contributed by atoms with Crippen LogP contribution < -0.4 is 20.1 Å². The smallest absolute Gasteiger partial charge is 0.459 e. The zero-order valence-electron chi connectivity index (χ0n) is 24.6. The van der Waals surface area contributed by atoms with Crippen molar-refractivity contribution in [3.8, 4) is 11.6 Å². The molecule has 4 rings (SSSR count). The topological polar surface area (TPSA) is 195 Å². The Balaban J connectivity index is 1.62. The quantitative estimate of drug-likeness (QED) is 0.134. The molecule has 0 aliphatic carbocycles. The molecule has 2 aromatic heterocycles. The summed E-state index contributed by atoms with van der Waals surface area (Å²) in [6, 6.07) is 3.09. The molecule has 1 aliphatic heterocycles. The second kappa shape index (κ2) is 13.5. The van der Waals surface area contributed by atoms with Crippen LogP contribution in [0.4, 0.5) is 5.95 Å². The average molecular weight is 674 g/mol. The van der Waals surface area contributed by atoms with Gasteiger partial charge in [0.2, 0.25) is 11.8 Å². The Morgan fingerprint density at radius 3 is 2.68 bits per heavy atom. The molecule has 1 aliphatic rings. The minimum atomic E-state index is -4.36. The standard InChI is InChI=1S/C26H34Cl2N7O8P/c1-7-39-22-19-21(32-25(29)33-22)35(12-31-19)24-26(5,30-6)20(36)18(42-24)11-40-44(38,34-14(4)23(37)41-13(2)3)43-15-8-9-16(27)17(28)10-15/h8-10,12-14,18,20,24,36H,6-7,11H2,1-5H3,(H,34,38)(H2,29,32,33)/t14-,18+,20+,24+,26+,44?/m0/s1. The van der Waals surface area contributed by atoms with Gasteiger partial charge in [0.25, 0.3) is 0 Å². The van der Waals surface area contributed by atoms with E-state index in [4.69, 9.17) is 52.2 Å². The molecule has 1 saturated heterocycles. The van der Waals surface area contributed by atoms with Gasteiger partial charge in [0.05, 0.1) is 35.7 Å². The summed E-state index contributed by atoms with van der Waals surface area (Å²) in [5.74, 6) is -0.542. The largest absolute Gasteiger partial charge is 0.476 e. The third-order valence-electron chi connectivity index (χ3n) is 6.62. The number of fused-ring (bicyclic) bond motifs is 1. The Kier molecular flexibility index (Phi) is 10.4. The Morgan fingerprint density at radius 2 is 2.05 bits per heavy atom. The number of anilines is 1. The highest BCUT2D eigenvalue weighted by Gasteiger charge is 2.55. The summed E-state index contributed by atoms with van der Waals surface area (Å²) >= 11 is 12.1. The molecule has 240 valence electrons. The van der Waals surface area contributed by atoms with Gasteiger partial charge in [-0.3, -0.25) is 18.9 Å². The average Bonchev–Trinajstić information content (AvgIpc) is 3.47.